The van der Waals surface area contributed by atoms with E-state index in [1.807, 2.05) is 0 Å². The number of amides is 2. The molecule has 0 spiro atoms. The zero-order chi connectivity index (χ0) is 20.3. The number of carboxylic acids is 1. The van der Waals surface area contributed by atoms with Gasteiger partial charge in [0.05, 0.1) is 19.7 Å². The topological polar surface area (TPSA) is 157 Å². The molecule has 3 N–H and O–H groups in total. The number of fused-ring (bicyclic) bond motifs is 2. The number of nitrogens with one attached hydrogen (secondary N) is 2. The Labute approximate surface area is 165 Å². The number of hydrogen-bond donors (Lipinski definition) is 3. The van der Waals surface area contributed by atoms with Gasteiger partial charge >= 0.3 is 11.9 Å². The fourth-order valence-electron chi connectivity index (χ4n) is 2.68. The van der Waals surface area contributed by atoms with E-state index < -0.39 is 11.9 Å². The molecule has 29 heavy (non-hydrogen) atoms. The van der Waals surface area contributed by atoms with E-state index in [1.165, 1.54) is 21.5 Å². The van der Waals surface area contributed by atoms with E-state index in [0.717, 1.165) is 0 Å². The lowest BCUT2D eigenvalue weighted by Crippen LogP contribution is -2.35. The molecule has 0 saturated heterocycles. The number of rotatable bonds is 3. The Kier molecular flexibility index (Phi) is 6.70. The van der Waals surface area contributed by atoms with Crippen LogP contribution >= 0.6 is 0 Å². The van der Waals surface area contributed by atoms with Crippen molar-refractivity contribution in [2.75, 3.05) is 19.7 Å². The van der Waals surface area contributed by atoms with Gasteiger partial charge in [-0.05, 0) is 6.92 Å². The first kappa shape index (κ1) is 21.6. The number of carboxylic acid groups (broad SMARTS) is 1. The highest BCUT2D eigenvalue weighted by Gasteiger charge is 2.23. The summed E-state index contributed by atoms with van der Waals surface area (Å²) in [5.41, 5.74) is 0.809. The van der Waals surface area contributed by atoms with Crippen LogP contribution in [0.2, 0.25) is 0 Å². The molecule has 0 radical (unpaired) electrons. The molecule has 0 aromatic carbocycles. The average molecular weight is 406 g/mol. The van der Waals surface area contributed by atoms with Crippen molar-refractivity contribution < 1.29 is 29.0 Å². The van der Waals surface area contributed by atoms with Crippen molar-refractivity contribution in [2.24, 2.45) is 0 Å². The van der Waals surface area contributed by atoms with Crippen molar-refractivity contribution in [3.05, 3.63) is 34.9 Å². The van der Waals surface area contributed by atoms with Crippen LogP contribution in [0.5, 0.6) is 0 Å². The van der Waals surface area contributed by atoms with E-state index in [4.69, 9.17) is 9.84 Å². The van der Waals surface area contributed by atoms with Crippen LogP contribution in [0.4, 0.5) is 0 Å². The summed E-state index contributed by atoms with van der Waals surface area (Å²) < 4.78 is 7.72. The van der Waals surface area contributed by atoms with Crippen LogP contribution in [-0.4, -0.2) is 68.1 Å². The molecule has 4 rings (SSSR count). The molecule has 0 fully saturated rings. The molecule has 2 aromatic heterocycles. The molecule has 0 bridgehead atoms. The van der Waals surface area contributed by atoms with Crippen molar-refractivity contribution in [1.29, 1.82) is 0 Å². The predicted octanol–water partition coefficient (Wildman–Crippen LogP) is -0.236. The van der Waals surface area contributed by atoms with Crippen LogP contribution in [0.15, 0.2) is 12.1 Å². The molecule has 12 heteroatoms. The van der Waals surface area contributed by atoms with Crippen LogP contribution in [0.3, 0.4) is 0 Å². The van der Waals surface area contributed by atoms with Gasteiger partial charge in [0.2, 0.25) is 0 Å². The van der Waals surface area contributed by atoms with Gasteiger partial charge in [0, 0.05) is 25.2 Å². The number of carbonyl (C=O) groups is 4. The number of aromatic nitrogens is 4. The number of carbonyl (C=O) groups excluding carboxylic acids is 3. The summed E-state index contributed by atoms with van der Waals surface area (Å²) in [5.74, 6) is -2.09. The minimum Gasteiger partial charge on any atom is -0.476 e. The highest BCUT2D eigenvalue weighted by atomic mass is 16.5. The highest BCUT2D eigenvalue weighted by Crippen LogP contribution is 2.09. The van der Waals surface area contributed by atoms with Crippen LogP contribution in [0.1, 0.15) is 56.3 Å². The number of nitrogens with zero attached hydrogens (tertiary/aromatic N) is 4. The Morgan fingerprint density at radius 2 is 1.52 bits per heavy atom. The standard InChI is InChI=1S/C9H11N3O3.C7H7N3O3.CH4/c1-2-15-9(14)6-5-7-8(13)10-3-4-12(7)11-6;11-6-5-3-4(7(12)13)9-10(5)2-1-8-6;/h5H,2-4H2,1H3,(H,10,13);3H,1-2H2,(H,8,11)(H,12,13);1H4. The van der Waals surface area contributed by atoms with Gasteiger partial charge in [-0.2, -0.15) is 10.2 Å². The molecule has 0 aliphatic carbocycles. The van der Waals surface area contributed by atoms with E-state index in [-0.39, 0.29) is 30.6 Å². The summed E-state index contributed by atoms with van der Waals surface area (Å²) in [5, 5.41) is 21.6. The normalized spacial score (nSPS) is 14.1. The number of esters is 1. The first-order valence-corrected chi connectivity index (χ1v) is 8.53. The molecule has 12 nitrogen and oxygen atoms in total. The molecule has 0 atom stereocenters. The molecule has 2 aliphatic rings. The Morgan fingerprint density at radius 1 is 1.03 bits per heavy atom. The lowest BCUT2D eigenvalue weighted by atomic mass is 10.3. The SMILES string of the molecule is C.CCOC(=O)c1cc2n(n1)CCNC2=O.O=C(O)c1cc2n(n1)CCNC2=O. The summed E-state index contributed by atoms with van der Waals surface area (Å²) in [6, 6.07) is 2.73. The van der Waals surface area contributed by atoms with Gasteiger partial charge in [-0.15, -0.1) is 0 Å². The van der Waals surface area contributed by atoms with Gasteiger partial charge in [0.1, 0.15) is 11.4 Å². The molecule has 2 aromatic rings. The largest absolute Gasteiger partial charge is 0.476 e. The van der Waals surface area contributed by atoms with Gasteiger partial charge < -0.3 is 20.5 Å². The van der Waals surface area contributed by atoms with Crippen LogP contribution in [-0.2, 0) is 17.8 Å². The zero-order valence-electron chi connectivity index (χ0n) is 15.0. The van der Waals surface area contributed by atoms with Gasteiger partial charge in [-0.3, -0.25) is 19.0 Å². The minimum atomic E-state index is -1.12. The molecule has 2 amide bonds. The molecule has 2 aliphatic heterocycles. The van der Waals surface area contributed by atoms with Crippen molar-refractivity contribution in [3.63, 3.8) is 0 Å². The van der Waals surface area contributed by atoms with Crippen molar-refractivity contribution in [3.8, 4) is 0 Å². The maximum absolute atomic E-state index is 11.4. The molecule has 4 heterocycles. The summed E-state index contributed by atoms with van der Waals surface area (Å²) in [6.45, 7) is 4.16. The first-order valence-electron chi connectivity index (χ1n) is 8.53. The number of hydrogen-bond acceptors (Lipinski definition) is 7. The van der Waals surface area contributed by atoms with Crippen molar-refractivity contribution in [1.82, 2.24) is 30.2 Å². The second kappa shape index (κ2) is 8.99. The Bertz CT molecular complexity index is 946. The second-order valence-electron chi connectivity index (χ2n) is 5.81. The van der Waals surface area contributed by atoms with E-state index in [1.54, 1.807) is 6.92 Å². The Hall–Kier alpha value is -3.70. The fraction of sp³-hybridized carbons (Fsp3) is 0.412. The zero-order valence-corrected chi connectivity index (χ0v) is 15.0. The molecule has 0 saturated carbocycles. The van der Waals surface area contributed by atoms with E-state index >= 15 is 0 Å². The molecular formula is C17H22N6O6. The second-order valence-corrected chi connectivity index (χ2v) is 5.81. The number of aromatic carboxylic acids is 1. The van der Waals surface area contributed by atoms with E-state index in [0.29, 0.717) is 44.2 Å². The summed E-state index contributed by atoms with van der Waals surface area (Å²) in [7, 11) is 0. The number of ether oxygens (including phenoxy) is 1. The Balaban J connectivity index is 0.000000202. The smallest absolute Gasteiger partial charge is 0.358 e. The predicted molar refractivity (Wildman–Crippen MR) is 98.8 cm³/mol. The van der Waals surface area contributed by atoms with Gasteiger partial charge in [-0.1, -0.05) is 7.43 Å². The average Bonchev–Trinajstić information content (AvgIpc) is 3.28. The molecular weight excluding hydrogens is 384 g/mol. The van der Waals surface area contributed by atoms with Crippen molar-refractivity contribution in [2.45, 2.75) is 27.4 Å². The van der Waals surface area contributed by atoms with E-state index in [2.05, 4.69) is 20.8 Å². The quantitative estimate of drug-likeness (QED) is 0.590. The lowest BCUT2D eigenvalue weighted by molar-refractivity contribution is 0.0517. The van der Waals surface area contributed by atoms with E-state index in [9.17, 15) is 19.2 Å². The summed E-state index contributed by atoms with van der Waals surface area (Å²) >= 11 is 0. The minimum absolute atomic E-state index is 0. The molecule has 156 valence electrons. The monoisotopic (exact) mass is 406 g/mol. The molecule has 0 unspecified atom stereocenters. The highest BCUT2D eigenvalue weighted by molar-refractivity contribution is 5.97. The maximum atomic E-state index is 11.4. The van der Waals surface area contributed by atoms with Crippen LogP contribution in [0.25, 0.3) is 0 Å². The third kappa shape index (κ3) is 4.59. The first-order chi connectivity index (χ1) is 13.4. The summed E-state index contributed by atoms with van der Waals surface area (Å²) in [4.78, 5) is 44.4. The Morgan fingerprint density at radius 3 is 1.97 bits per heavy atom. The van der Waals surface area contributed by atoms with Gasteiger partial charge in [0.15, 0.2) is 11.4 Å². The van der Waals surface area contributed by atoms with Crippen LogP contribution < -0.4 is 10.6 Å². The third-order valence-corrected chi connectivity index (χ3v) is 3.95. The maximum Gasteiger partial charge on any atom is 0.358 e. The van der Waals surface area contributed by atoms with Gasteiger partial charge in [-0.25, -0.2) is 9.59 Å². The van der Waals surface area contributed by atoms with Gasteiger partial charge in [0.25, 0.3) is 11.8 Å². The van der Waals surface area contributed by atoms with Crippen LogP contribution in [0, 0.1) is 0 Å². The summed E-state index contributed by atoms with van der Waals surface area (Å²) in [6.07, 6.45) is 0. The lowest BCUT2D eigenvalue weighted by Gasteiger charge is -2.13. The van der Waals surface area contributed by atoms with Crippen molar-refractivity contribution >= 4 is 23.8 Å². The fourth-order valence-corrected chi connectivity index (χ4v) is 2.68. The third-order valence-electron chi connectivity index (χ3n) is 3.95.